The van der Waals surface area contributed by atoms with Gasteiger partial charge in [0.05, 0.1) is 0 Å². The number of carbonyl (C=O) groups excluding carboxylic acids is 1. The van der Waals surface area contributed by atoms with Gasteiger partial charge in [0.2, 0.25) is 9.79 Å². The Bertz CT molecular complexity index is 839. The molecule has 0 bridgehead atoms. The minimum Gasteiger partial charge on any atom is -0.447 e. The molecule has 23 heavy (non-hydrogen) atoms. The summed E-state index contributed by atoms with van der Waals surface area (Å²) in [6.45, 7) is 1.59. The Kier molecular flexibility index (Phi) is 3.43. The van der Waals surface area contributed by atoms with Crippen LogP contribution in [-0.4, -0.2) is 5.78 Å². The van der Waals surface area contributed by atoms with Crippen LogP contribution in [-0.2, 0) is 10.9 Å². The van der Waals surface area contributed by atoms with Gasteiger partial charge in [-0.05, 0) is 55.5 Å². The highest BCUT2D eigenvalue weighted by molar-refractivity contribution is 7.97. The SMILES string of the molecule is CC(=O)c1ccc([S+]2c3ccccc3Oc3ccccc32)cc1. The smallest absolute Gasteiger partial charge is 0.209 e. The van der Waals surface area contributed by atoms with Gasteiger partial charge in [-0.3, -0.25) is 4.79 Å². The molecule has 0 atom stereocenters. The van der Waals surface area contributed by atoms with Crippen LogP contribution in [0, 0.1) is 0 Å². The normalized spacial score (nSPS) is 12.9. The van der Waals surface area contributed by atoms with Gasteiger partial charge in [-0.1, -0.05) is 24.3 Å². The van der Waals surface area contributed by atoms with E-state index in [1.165, 1.54) is 14.7 Å². The zero-order chi connectivity index (χ0) is 15.8. The standard InChI is InChI=1S/C20H15O2S/c1-14(21)15-10-12-16(13-11-15)23-19-8-4-2-6-17(19)22-18-7-3-5-9-20(18)23/h2-13H,1H3/q+1. The number of hydrogen-bond acceptors (Lipinski definition) is 2. The van der Waals surface area contributed by atoms with Crippen molar-refractivity contribution in [1.82, 2.24) is 0 Å². The van der Waals surface area contributed by atoms with Crippen molar-refractivity contribution in [1.29, 1.82) is 0 Å². The third-order valence-electron chi connectivity index (χ3n) is 3.85. The topological polar surface area (TPSA) is 26.3 Å². The van der Waals surface area contributed by atoms with Crippen LogP contribution in [0.25, 0.3) is 0 Å². The molecule has 1 aliphatic heterocycles. The Morgan fingerprint density at radius 2 is 1.30 bits per heavy atom. The molecule has 3 aromatic carbocycles. The number of fused-ring (bicyclic) bond motifs is 2. The van der Waals surface area contributed by atoms with Crippen LogP contribution in [0.5, 0.6) is 11.5 Å². The first-order valence-corrected chi connectivity index (χ1v) is 8.68. The fraction of sp³-hybridized carbons (Fsp3) is 0.0500. The molecule has 0 saturated heterocycles. The summed E-state index contributed by atoms with van der Waals surface area (Å²) in [4.78, 5) is 15.1. The van der Waals surface area contributed by atoms with Crippen LogP contribution < -0.4 is 4.74 Å². The summed E-state index contributed by atoms with van der Waals surface area (Å²) in [6.07, 6.45) is 0. The average Bonchev–Trinajstić information content (AvgIpc) is 2.59. The van der Waals surface area contributed by atoms with Crippen molar-refractivity contribution in [3.8, 4) is 11.5 Å². The molecule has 3 aromatic rings. The maximum Gasteiger partial charge on any atom is 0.209 e. The lowest BCUT2D eigenvalue weighted by Gasteiger charge is -2.19. The van der Waals surface area contributed by atoms with Gasteiger partial charge in [-0.2, -0.15) is 0 Å². The number of benzene rings is 3. The Morgan fingerprint density at radius 3 is 1.83 bits per heavy atom. The van der Waals surface area contributed by atoms with Crippen LogP contribution in [0.2, 0.25) is 0 Å². The van der Waals surface area contributed by atoms with Crippen LogP contribution in [0.1, 0.15) is 17.3 Å². The van der Waals surface area contributed by atoms with Crippen LogP contribution >= 0.6 is 0 Å². The highest BCUT2D eigenvalue weighted by Gasteiger charge is 2.38. The molecular weight excluding hydrogens is 304 g/mol. The first-order chi connectivity index (χ1) is 11.2. The number of ether oxygens (including phenoxy) is 1. The quantitative estimate of drug-likeness (QED) is 0.380. The third-order valence-corrected chi connectivity index (χ3v) is 6.15. The fourth-order valence-electron chi connectivity index (χ4n) is 2.72. The molecule has 2 nitrogen and oxygen atoms in total. The number of ketones is 1. The molecular formula is C20H15O2S+. The van der Waals surface area contributed by atoms with E-state index in [4.69, 9.17) is 4.74 Å². The molecule has 0 aromatic heterocycles. The van der Waals surface area contributed by atoms with Crippen molar-refractivity contribution in [2.24, 2.45) is 0 Å². The van der Waals surface area contributed by atoms with Crippen molar-refractivity contribution in [2.45, 2.75) is 21.6 Å². The van der Waals surface area contributed by atoms with Crippen LogP contribution in [0.3, 0.4) is 0 Å². The van der Waals surface area contributed by atoms with Crippen molar-refractivity contribution in [3.63, 3.8) is 0 Å². The number of carbonyl (C=O) groups is 1. The third kappa shape index (κ3) is 2.43. The highest BCUT2D eigenvalue weighted by Crippen LogP contribution is 2.46. The minimum atomic E-state index is -0.216. The Hall–Kier alpha value is -2.52. The average molecular weight is 319 g/mol. The van der Waals surface area contributed by atoms with E-state index in [0.717, 1.165) is 17.1 Å². The molecule has 4 rings (SSSR count). The van der Waals surface area contributed by atoms with Gasteiger partial charge in [0, 0.05) is 5.56 Å². The van der Waals surface area contributed by atoms with Crippen molar-refractivity contribution >= 4 is 16.7 Å². The monoisotopic (exact) mass is 319 g/mol. The number of para-hydroxylation sites is 2. The number of hydrogen-bond donors (Lipinski definition) is 0. The van der Waals surface area contributed by atoms with Gasteiger partial charge in [0.1, 0.15) is 10.9 Å². The lowest BCUT2D eigenvalue weighted by atomic mass is 10.2. The van der Waals surface area contributed by atoms with Crippen LogP contribution in [0.4, 0.5) is 0 Å². The summed E-state index contributed by atoms with van der Waals surface area (Å²) < 4.78 is 6.04. The van der Waals surface area contributed by atoms with E-state index in [1.54, 1.807) is 6.92 Å². The molecule has 112 valence electrons. The fourth-order valence-corrected chi connectivity index (χ4v) is 4.93. The summed E-state index contributed by atoms with van der Waals surface area (Å²) in [6, 6.07) is 24.2. The predicted molar refractivity (Wildman–Crippen MR) is 91.6 cm³/mol. The Morgan fingerprint density at radius 1 is 0.783 bits per heavy atom. The molecule has 0 radical (unpaired) electrons. The lowest BCUT2D eigenvalue weighted by Crippen LogP contribution is -2.12. The van der Waals surface area contributed by atoms with Gasteiger partial charge < -0.3 is 4.74 Å². The number of Topliss-reactive ketones (excluding diaryl/α,β-unsaturated/α-hetero) is 1. The van der Waals surface area contributed by atoms with Gasteiger partial charge >= 0.3 is 0 Å². The summed E-state index contributed by atoms with van der Waals surface area (Å²) in [5.41, 5.74) is 0.743. The second-order valence-corrected chi connectivity index (χ2v) is 7.35. The second kappa shape index (κ2) is 5.60. The molecule has 0 spiro atoms. The molecule has 0 aliphatic carbocycles. The predicted octanol–water partition coefficient (Wildman–Crippen LogP) is 5.09. The van der Waals surface area contributed by atoms with E-state index in [9.17, 15) is 4.79 Å². The van der Waals surface area contributed by atoms with E-state index in [1.807, 2.05) is 48.5 Å². The minimum absolute atomic E-state index is 0.0904. The maximum absolute atomic E-state index is 11.5. The van der Waals surface area contributed by atoms with Crippen molar-refractivity contribution < 1.29 is 9.53 Å². The molecule has 0 unspecified atom stereocenters. The molecule has 0 saturated carbocycles. The second-order valence-electron chi connectivity index (χ2n) is 5.38. The van der Waals surface area contributed by atoms with E-state index in [-0.39, 0.29) is 16.7 Å². The van der Waals surface area contributed by atoms with E-state index in [2.05, 4.69) is 24.3 Å². The molecule has 0 amide bonds. The van der Waals surface area contributed by atoms with Crippen molar-refractivity contribution in [2.75, 3.05) is 0 Å². The zero-order valence-corrected chi connectivity index (χ0v) is 13.5. The Labute approximate surface area is 138 Å². The highest BCUT2D eigenvalue weighted by atomic mass is 32.2. The largest absolute Gasteiger partial charge is 0.447 e. The molecule has 1 heterocycles. The van der Waals surface area contributed by atoms with Gasteiger partial charge in [0.25, 0.3) is 0 Å². The maximum atomic E-state index is 11.5. The first-order valence-electron chi connectivity index (χ1n) is 7.45. The summed E-state index contributed by atoms with van der Waals surface area (Å²) >= 11 is 0. The van der Waals surface area contributed by atoms with Gasteiger partial charge in [0.15, 0.2) is 22.2 Å². The molecule has 3 heteroatoms. The molecule has 1 aliphatic rings. The summed E-state index contributed by atoms with van der Waals surface area (Å²) in [5, 5.41) is 0. The first kappa shape index (κ1) is 14.1. The summed E-state index contributed by atoms with van der Waals surface area (Å²) in [5.74, 6) is 1.91. The van der Waals surface area contributed by atoms with Crippen molar-refractivity contribution in [3.05, 3.63) is 78.4 Å². The lowest BCUT2D eigenvalue weighted by molar-refractivity contribution is 0.101. The zero-order valence-electron chi connectivity index (χ0n) is 12.7. The van der Waals surface area contributed by atoms with E-state index in [0.29, 0.717) is 0 Å². The molecule has 0 fully saturated rings. The van der Waals surface area contributed by atoms with Gasteiger partial charge in [-0.25, -0.2) is 0 Å². The molecule has 0 N–H and O–H groups in total. The van der Waals surface area contributed by atoms with E-state index >= 15 is 0 Å². The van der Waals surface area contributed by atoms with Gasteiger partial charge in [-0.15, -0.1) is 0 Å². The Balaban J connectivity index is 1.89. The number of rotatable bonds is 2. The summed E-state index contributed by atoms with van der Waals surface area (Å²) in [7, 11) is -0.216. The van der Waals surface area contributed by atoms with E-state index < -0.39 is 0 Å². The van der Waals surface area contributed by atoms with Crippen LogP contribution in [0.15, 0.2) is 87.5 Å².